The molecule has 9 heteroatoms. The van der Waals surface area contributed by atoms with E-state index in [4.69, 9.17) is 16.5 Å². The topological polar surface area (TPSA) is 36.9 Å². The quantitative estimate of drug-likeness (QED) is 0.634. The normalized spacial score (nSPS) is 18.5. The highest BCUT2D eigenvalue weighted by Gasteiger charge is 2.25. The Morgan fingerprint density at radius 2 is 0.833 bits per heavy atom. The Labute approximate surface area is 120 Å². The Balaban J connectivity index is 4.00. The van der Waals surface area contributed by atoms with E-state index in [0.29, 0.717) is 0 Å². The Hall–Kier alpha value is 0.924. The zero-order valence-corrected chi connectivity index (χ0v) is 18.8. The Morgan fingerprint density at radius 1 is 0.556 bits per heavy atom. The summed E-state index contributed by atoms with van der Waals surface area (Å²) < 4.78 is 23.9. The van der Waals surface area contributed by atoms with E-state index < -0.39 is 44.5 Å². The van der Waals surface area contributed by atoms with Gasteiger partial charge in [-0.3, -0.25) is 0 Å². The molecule has 4 nitrogen and oxygen atoms in total. The molecule has 0 aromatic carbocycles. The van der Waals surface area contributed by atoms with E-state index in [2.05, 4.69) is 58.9 Å². The largest absolute Gasteiger partial charge is 0.439 e. The van der Waals surface area contributed by atoms with Crippen LogP contribution in [0.25, 0.3) is 0 Å². The van der Waals surface area contributed by atoms with Crippen molar-refractivity contribution < 1.29 is 16.5 Å². The Morgan fingerprint density at radius 3 is 1.06 bits per heavy atom. The van der Waals surface area contributed by atoms with Crippen molar-refractivity contribution in [3.05, 3.63) is 0 Å². The molecule has 0 heterocycles. The number of rotatable bonds is 8. The molecule has 0 aromatic rings. The van der Waals surface area contributed by atoms with Gasteiger partial charge in [0, 0.05) is 0 Å². The maximum Gasteiger partial charge on any atom is 0.300 e. The molecule has 0 bridgehead atoms. The molecule has 18 heavy (non-hydrogen) atoms. The van der Waals surface area contributed by atoms with E-state index >= 15 is 0 Å². The van der Waals surface area contributed by atoms with Crippen LogP contribution in [-0.2, 0) is 16.5 Å². The van der Waals surface area contributed by atoms with E-state index in [1.165, 1.54) is 0 Å². The lowest BCUT2D eigenvalue weighted by atomic mass is 11.8. The summed E-state index contributed by atoms with van der Waals surface area (Å²) >= 11 is 0. The molecule has 110 valence electrons. The summed E-state index contributed by atoms with van der Waals surface area (Å²) in [5, 5.41) is 0. The zero-order valence-electron chi connectivity index (χ0n) is 13.4. The van der Waals surface area contributed by atoms with E-state index in [1.807, 2.05) is 0 Å². The Kier molecular flexibility index (Phi) is 8.03. The third-order valence-electron chi connectivity index (χ3n) is 1.81. The predicted molar refractivity (Wildman–Crippen MR) is 90.1 cm³/mol. The fourth-order valence-corrected chi connectivity index (χ4v) is 16.2. The average molecular weight is 343 g/mol. The minimum Gasteiger partial charge on any atom is -0.439 e. The van der Waals surface area contributed by atoms with Crippen LogP contribution in [0.1, 0.15) is 0 Å². The van der Waals surface area contributed by atoms with Gasteiger partial charge >= 0.3 is 0 Å². The van der Waals surface area contributed by atoms with E-state index in [9.17, 15) is 0 Å². The minimum absolute atomic E-state index is 1.47. The van der Waals surface area contributed by atoms with Gasteiger partial charge in [0.25, 0.3) is 27.9 Å². The first-order valence-corrected chi connectivity index (χ1v) is 19.7. The van der Waals surface area contributed by atoms with Crippen LogP contribution >= 0.6 is 0 Å². The lowest BCUT2D eigenvalue weighted by Gasteiger charge is -2.28. The van der Waals surface area contributed by atoms with Crippen molar-refractivity contribution in [1.29, 1.82) is 0 Å². The number of hydrogen-bond acceptors (Lipinski definition) is 4. The standard InChI is InChI=1S/C9H30O4Si5/c1-14(10-15(2)12-17(4,5)6)11-16(3)13-18(7,8)9/h14-16H,1-9H3. The summed E-state index contributed by atoms with van der Waals surface area (Å²) in [5.74, 6) is 0. The molecule has 0 aliphatic rings. The molecular weight excluding hydrogens is 313 g/mol. The highest BCUT2D eigenvalue weighted by molar-refractivity contribution is 6.78. The van der Waals surface area contributed by atoms with Crippen LogP contribution in [0.4, 0.5) is 0 Å². The average Bonchev–Trinajstić information content (AvgIpc) is 1.92. The third kappa shape index (κ3) is 12.0. The molecule has 0 spiro atoms. The second kappa shape index (κ2) is 7.64. The van der Waals surface area contributed by atoms with Gasteiger partial charge in [-0.25, -0.2) is 0 Å². The van der Waals surface area contributed by atoms with Gasteiger partial charge in [0.2, 0.25) is 0 Å². The second-order valence-electron chi connectivity index (χ2n) is 6.44. The van der Waals surface area contributed by atoms with Gasteiger partial charge in [0.05, 0.1) is 0 Å². The summed E-state index contributed by atoms with van der Waals surface area (Å²) in [7, 11) is -7.57. The molecular formula is C9H30O4Si5. The van der Waals surface area contributed by atoms with Crippen molar-refractivity contribution in [3.63, 3.8) is 0 Å². The van der Waals surface area contributed by atoms with Gasteiger partial charge in [-0.2, -0.15) is 0 Å². The van der Waals surface area contributed by atoms with Crippen LogP contribution in [0.5, 0.6) is 0 Å². The molecule has 0 N–H and O–H groups in total. The monoisotopic (exact) mass is 342 g/mol. The van der Waals surface area contributed by atoms with Gasteiger partial charge in [0.1, 0.15) is 0 Å². The molecule has 0 fully saturated rings. The van der Waals surface area contributed by atoms with Crippen molar-refractivity contribution in [1.82, 2.24) is 0 Å². The molecule has 0 aromatic heterocycles. The highest BCUT2D eigenvalue weighted by Crippen LogP contribution is 2.09. The first kappa shape index (κ1) is 18.9. The van der Waals surface area contributed by atoms with Crippen molar-refractivity contribution in [3.8, 4) is 0 Å². The lowest BCUT2D eigenvalue weighted by molar-refractivity contribution is 0.349. The van der Waals surface area contributed by atoms with E-state index in [0.717, 1.165) is 0 Å². The molecule has 0 saturated heterocycles. The van der Waals surface area contributed by atoms with Gasteiger partial charge in [-0.1, -0.05) is 0 Å². The smallest absolute Gasteiger partial charge is 0.300 e. The van der Waals surface area contributed by atoms with E-state index in [-0.39, 0.29) is 0 Å². The maximum absolute atomic E-state index is 5.98. The fourth-order valence-electron chi connectivity index (χ4n) is 1.62. The van der Waals surface area contributed by atoms with Crippen LogP contribution in [-0.4, -0.2) is 44.5 Å². The minimum atomic E-state index is -1.58. The maximum atomic E-state index is 5.98. The van der Waals surface area contributed by atoms with Crippen LogP contribution in [0.3, 0.4) is 0 Å². The van der Waals surface area contributed by atoms with Crippen molar-refractivity contribution >= 4 is 44.5 Å². The van der Waals surface area contributed by atoms with Crippen LogP contribution in [0.15, 0.2) is 0 Å². The molecule has 0 aliphatic heterocycles. The summed E-state index contributed by atoms with van der Waals surface area (Å²) in [6.45, 7) is 19.4. The predicted octanol–water partition coefficient (Wildman–Crippen LogP) is 2.27. The summed E-state index contributed by atoms with van der Waals surface area (Å²) in [6, 6.07) is 0. The van der Waals surface area contributed by atoms with Crippen LogP contribution in [0, 0.1) is 0 Å². The zero-order chi connectivity index (χ0) is 14.6. The first-order chi connectivity index (χ1) is 7.89. The molecule has 0 amide bonds. The molecule has 2 unspecified atom stereocenters. The van der Waals surface area contributed by atoms with Crippen molar-refractivity contribution in [2.45, 2.75) is 58.9 Å². The number of hydrogen-bond donors (Lipinski definition) is 0. The van der Waals surface area contributed by atoms with Crippen LogP contribution in [0.2, 0.25) is 58.9 Å². The van der Waals surface area contributed by atoms with Crippen molar-refractivity contribution in [2.24, 2.45) is 0 Å². The molecule has 0 saturated carbocycles. The van der Waals surface area contributed by atoms with Crippen LogP contribution < -0.4 is 0 Å². The molecule has 0 rings (SSSR count). The molecule has 2 atom stereocenters. The van der Waals surface area contributed by atoms with E-state index in [1.54, 1.807) is 0 Å². The van der Waals surface area contributed by atoms with Gasteiger partial charge in [-0.15, -0.1) is 0 Å². The summed E-state index contributed by atoms with van der Waals surface area (Å²) in [6.07, 6.45) is 0. The highest BCUT2D eigenvalue weighted by atomic mass is 28.5. The second-order valence-corrected chi connectivity index (χ2v) is 22.4. The lowest BCUT2D eigenvalue weighted by Crippen LogP contribution is -2.42. The SMILES string of the molecule is C[SiH](O[SiH](C)O[Si](C)(C)C)O[SiH](C)O[Si](C)(C)C. The molecule has 0 radical (unpaired) electrons. The third-order valence-corrected chi connectivity index (χ3v) is 16.3. The fraction of sp³-hybridized carbons (Fsp3) is 1.00. The summed E-state index contributed by atoms with van der Waals surface area (Å²) in [4.78, 5) is 0. The molecule has 0 aliphatic carbocycles. The Bertz CT molecular complexity index is 216. The van der Waals surface area contributed by atoms with Gasteiger partial charge in [0.15, 0.2) is 16.6 Å². The summed E-state index contributed by atoms with van der Waals surface area (Å²) in [5.41, 5.74) is 0. The van der Waals surface area contributed by atoms with Gasteiger partial charge < -0.3 is 16.5 Å². The first-order valence-electron chi connectivity index (χ1n) is 6.55. The van der Waals surface area contributed by atoms with Crippen molar-refractivity contribution in [2.75, 3.05) is 0 Å². The van der Waals surface area contributed by atoms with Gasteiger partial charge in [-0.05, 0) is 58.9 Å².